The lowest BCUT2D eigenvalue weighted by atomic mass is 10.2. The molecule has 0 saturated carbocycles. The van der Waals surface area contributed by atoms with Crippen molar-refractivity contribution in [3.63, 3.8) is 0 Å². The summed E-state index contributed by atoms with van der Waals surface area (Å²) >= 11 is 3.28. The Balaban J connectivity index is 2.82. The molecule has 17 heavy (non-hydrogen) atoms. The van der Waals surface area contributed by atoms with Crippen molar-refractivity contribution >= 4 is 21.9 Å². The van der Waals surface area contributed by atoms with Crippen molar-refractivity contribution < 1.29 is 14.3 Å². The van der Waals surface area contributed by atoms with Crippen LogP contribution in [0.15, 0.2) is 22.7 Å². The Morgan fingerprint density at radius 2 is 2.18 bits per heavy atom. The molecule has 0 aliphatic rings. The number of nitrogens with zero attached hydrogens (tertiary/aromatic N) is 1. The van der Waals surface area contributed by atoms with Crippen molar-refractivity contribution in [1.82, 2.24) is 4.90 Å². The zero-order chi connectivity index (χ0) is 13.0. The summed E-state index contributed by atoms with van der Waals surface area (Å²) in [6, 6.07) is 4.54. The smallest absolute Gasteiger partial charge is 0.317 e. The number of carboxylic acids is 1. The van der Waals surface area contributed by atoms with Crippen molar-refractivity contribution in [2.75, 3.05) is 6.54 Å². The highest BCUT2D eigenvalue weighted by Gasteiger charge is 2.15. The molecule has 1 aromatic rings. The van der Waals surface area contributed by atoms with Crippen LogP contribution in [0, 0.1) is 5.82 Å². The van der Waals surface area contributed by atoms with Gasteiger partial charge in [-0.1, -0.05) is 22.0 Å². The molecule has 0 fully saturated rings. The van der Waals surface area contributed by atoms with Crippen molar-refractivity contribution in [2.24, 2.45) is 0 Å². The van der Waals surface area contributed by atoms with Crippen LogP contribution in [-0.2, 0) is 11.3 Å². The van der Waals surface area contributed by atoms with E-state index < -0.39 is 5.97 Å². The molecule has 1 aromatic carbocycles. The molecule has 94 valence electrons. The largest absolute Gasteiger partial charge is 0.480 e. The molecule has 0 aliphatic heterocycles. The minimum absolute atomic E-state index is 0.0263. The lowest BCUT2D eigenvalue weighted by molar-refractivity contribution is -0.138. The summed E-state index contributed by atoms with van der Waals surface area (Å²) in [7, 11) is 0. The standard InChI is InChI=1S/C12H15BrFNO2/c1-8(2)15(7-12(16)17)6-9-3-4-10(14)5-11(9)13/h3-5,8H,6-7H2,1-2H3,(H,16,17). The minimum atomic E-state index is -0.864. The van der Waals surface area contributed by atoms with Crippen LogP contribution in [0.5, 0.6) is 0 Å². The Morgan fingerprint density at radius 3 is 2.65 bits per heavy atom. The van der Waals surface area contributed by atoms with Gasteiger partial charge in [-0.3, -0.25) is 9.69 Å². The third kappa shape index (κ3) is 4.44. The number of benzene rings is 1. The molecule has 1 N–H and O–H groups in total. The van der Waals surface area contributed by atoms with E-state index in [0.29, 0.717) is 11.0 Å². The Bertz CT molecular complexity index is 409. The molecule has 0 aromatic heterocycles. The second kappa shape index (κ2) is 6.12. The van der Waals surface area contributed by atoms with Gasteiger partial charge in [0.05, 0.1) is 6.54 Å². The molecule has 1 rings (SSSR count). The zero-order valence-electron chi connectivity index (χ0n) is 9.78. The maximum atomic E-state index is 12.9. The maximum Gasteiger partial charge on any atom is 0.317 e. The zero-order valence-corrected chi connectivity index (χ0v) is 11.4. The summed E-state index contributed by atoms with van der Waals surface area (Å²) in [5.74, 6) is -1.17. The first-order valence-corrected chi connectivity index (χ1v) is 6.09. The molecule has 0 aliphatic carbocycles. The van der Waals surface area contributed by atoms with Gasteiger partial charge in [-0.05, 0) is 31.5 Å². The minimum Gasteiger partial charge on any atom is -0.480 e. The van der Waals surface area contributed by atoms with Crippen LogP contribution in [0.1, 0.15) is 19.4 Å². The van der Waals surface area contributed by atoms with Gasteiger partial charge < -0.3 is 5.11 Å². The molecule has 3 nitrogen and oxygen atoms in total. The van der Waals surface area contributed by atoms with E-state index in [9.17, 15) is 9.18 Å². The van der Waals surface area contributed by atoms with Gasteiger partial charge >= 0.3 is 5.97 Å². The summed E-state index contributed by atoms with van der Waals surface area (Å²) in [6.07, 6.45) is 0. The highest BCUT2D eigenvalue weighted by Crippen LogP contribution is 2.20. The quantitative estimate of drug-likeness (QED) is 0.909. The van der Waals surface area contributed by atoms with E-state index in [1.165, 1.54) is 12.1 Å². The summed E-state index contributed by atoms with van der Waals surface area (Å²) in [6.45, 7) is 4.31. The molecule has 0 amide bonds. The van der Waals surface area contributed by atoms with E-state index >= 15 is 0 Å². The molecule has 0 radical (unpaired) electrons. The van der Waals surface area contributed by atoms with E-state index in [-0.39, 0.29) is 18.4 Å². The normalized spacial score (nSPS) is 11.2. The third-order valence-corrected chi connectivity index (χ3v) is 3.20. The van der Waals surface area contributed by atoms with Crippen LogP contribution in [0.4, 0.5) is 4.39 Å². The molecule has 0 heterocycles. The number of aliphatic carboxylic acids is 1. The molecular weight excluding hydrogens is 289 g/mol. The van der Waals surface area contributed by atoms with Crippen molar-refractivity contribution in [3.05, 3.63) is 34.1 Å². The number of hydrogen-bond donors (Lipinski definition) is 1. The van der Waals surface area contributed by atoms with Crippen LogP contribution in [0.25, 0.3) is 0 Å². The summed E-state index contributed by atoms with van der Waals surface area (Å²) < 4.78 is 13.6. The van der Waals surface area contributed by atoms with Gasteiger partial charge in [0.2, 0.25) is 0 Å². The molecule has 0 unspecified atom stereocenters. The first-order valence-electron chi connectivity index (χ1n) is 5.30. The predicted octanol–water partition coefficient (Wildman–Crippen LogP) is 2.88. The number of halogens is 2. The van der Waals surface area contributed by atoms with Crippen molar-refractivity contribution in [1.29, 1.82) is 0 Å². The SMILES string of the molecule is CC(C)N(CC(=O)O)Cc1ccc(F)cc1Br. The van der Waals surface area contributed by atoms with Crippen LogP contribution < -0.4 is 0 Å². The van der Waals surface area contributed by atoms with Crippen LogP contribution in [0.2, 0.25) is 0 Å². The van der Waals surface area contributed by atoms with E-state index in [4.69, 9.17) is 5.11 Å². The topological polar surface area (TPSA) is 40.5 Å². The Labute approximate surface area is 108 Å². The van der Waals surface area contributed by atoms with Gasteiger partial charge in [0.25, 0.3) is 0 Å². The predicted molar refractivity (Wildman–Crippen MR) is 67.3 cm³/mol. The molecule has 0 bridgehead atoms. The average Bonchev–Trinajstić information content (AvgIpc) is 2.19. The van der Waals surface area contributed by atoms with Gasteiger partial charge in [-0.15, -0.1) is 0 Å². The van der Waals surface area contributed by atoms with Gasteiger partial charge in [0.15, 0.2) is 0 Å². The number of rotatable bonds is 5. The van der Waals surface area contributed by atoms with E-state index in [1.54, 1.807) is 11.0 Å². The van der Waals surface area contributed by atoms with E-state index in [1.807, 2.05) is 13.8 Å². The molecule has 5 heteroatoms. The fourth-order valence-electron chi connectivity index (χ4n) is 1.46. The van der Waals surface area contributed by atoms with Gasteiger partial charge in [-0.2, -0.15) is 0 Å². The lowest BCUT2D eigenvalue weighted by Crippen LogP contribution is -2.35. The first kappa shape index (κ1) is 14.1. The highest BCUT2D eigenvalue weighted by atomic mass is 79.9. The number of hydrogen-bond acceptors (Lipinski definition) is 2. The van der Waals surface area contributed by atoms with Crippen molar-refractivity contribution in [3.8, 4) is 0 Å². The highest BCUT2D eigenvalue weighted by molar-refractivity contribution is 9.10. The van der Waals surface area contributed by atoms with Gasteiger partial charge in [0.1, 0.15) is 5.82 Å². The van der Waals surface area contributed by atoms with Crippen LogP contribution in [-0.4, -0.2) is 28.6 Å². The second-order valence-electron chi connectivity index (χ2n) is 4.13. The fourth-order valence-corrected chi connectivity index (χ4v) is 1.94. The van der Waals surface area contributed by atoms with Gasteiger partial charge in [-0.25, -0.2) is 4.39 Å². The Kier molecular flexibility index (Phi) is 5.08. The fraction of sp³-hybridized carbons (Fsp3) is 0.417. The van der Waals surface area contributed by atoms with E-state index in [0.717, 1.165) is 5.56 Å². The summed E-state index contributed by atoms with van der Waals surface area (Å²) in [5.41, 5.74) is 0.876. The first-order chi connectivity index (χ1) is 7.90. The average molecular weight is 304 g/mol. The Hall–Kier alpha value is -0.940. The molecule has 0 saturated heterocycles. The second-order valence-corrected chi connectivity index (χ2v) is 4.98. The third-order valence-electron chi connectivity index (χ3n) is 2.46. The molecule has 0 spiro atoms. The molecule has 0 atom stereocenters. The van der Waals surface area contributed by atoms with Crippen LogP contribution >= 0.6 is 15.9 Å². The lowest BCUT2D eigenvalue weighted by Gasteiger charge is -2.25. The number of carbonyl (C=O) groups is 1. The van der Waals surface area contributed by atoms with Gasteiger partial charge in [0, 0.05) is 17.1 Å². The number of carboxylic acid groups (broad SMARTS) is 1. The summed E-state index contributed by atoms with van der Waals surface area (Å²) in [5, 5.41) is 8.81. The summed E-state index contributed by atoms with van der Waals surface area (Å²) in [4.78, 5) is 12.5. The van der Waals surface area contributed by atoms with Crippen LogP contribution in [0.3, 0.4) is 0 Å². The Morgan fingerprint density at radius 1 is 1.53 bits per heavy atom. The monoisotopic (exact) mass is 303 g/mol. The van der Waals surface area contributed by atoms with Crippen molar-refractivity contribution in [2.45, 2.75) is 26.4 Å². The maximum absolute atomic E-state index is 12.9. The van der Waals surface area contributed by atoms with E-state index in [2.05, 4.69) is 15.9 Å². The molecular formula is C12H15BrFNO2.